The summed E-state index contributed by atoms with van der Waals surface area (Å²) in [5, 5.41) is 3.95. The minimum Gasteiger partial charge on any atom is -0.467 e. The van der Waals surface area contributed by atoms with Crippen molar-refractivity contribution in [2.24, 2.45) is 0 Å². The Morgan fingerprint density at radius 2 is 2.00 bits per heavy atom. The molecule has 1 aliphatic heterocycles. The molecule has 2 heterocycles. The average molecular weight is 336 g/mol. The lowest BCUT2D eigenvalue weighted by Crippen LogP contribution is -2.46. The number of rotatable bonds is 2. The Labute approximate surface area is 141 Å². The Kier molecular flexibility index (Phi) is 5.01. The van der Waals surface area contributed by atoms with Gasteiger partial charge in [0.2, 0.25) is 0 Å². The molecule has 0 fully saturated rings. The Morgan fingerprint density at radius 1 is 1.33 bits per heavy atom. The first-order chi connectivity index (χ1) is 11.1. The minimum absolute atomic E-state index is 0.446. The normalized spacial score (nSPS) is 18.2. The summed E-state index contributed by atoms with van der Waals surface area (Å²) in [6, 6.07) is -0.700. The summed E-state index contributed by atoms with van der Waals surface area (Å²) in [7, 11) is 1.31. The zero-order valence-electron chi connectivity index (χ0n) is 15.0. The number of aromatic nitrogens is 1. The van der Waals surface area contributed by atoms with Gasteiger partial charge in [-0.05, 0) is 53.0 Å². The zero-order valence-corrected chi connectivity index (χ0v) is 15.0. The molecule has 0 saturated carbocycles. The molecule has 1 aromatic rings. The van der Waals surface area contributed by atoms with Gasteiger partial charge in [0.25, 0.3) is 0 Å². The first-order valence-corrected chi connectivity index (χ1v) is 7.87. The van der Waals surface area contributed by atoms with Crippen LogP contribution in [0.2, 0.25) is 0 Å². The lowest BCUT2D eigenvalue weighted by atomic mass is 9.94. The summed E-state index contributed by atoms with van der Waals surface area (Å²) in [5.41, 5.74) is 1.84. The van der Waals surface area contributed by atoms with Gasteiger partial charge in [0, 0.05) is 11.8 Å². The minimum atomic E-state index is -0.700. The number of carbonyl (C=O) groups excluding carboxylic acids is 2. The van der Waals surface area contributed by atoms with Crippen LogP contribution in [0, 0.1) is 13.8 Å². The third-order valence-corrected chi connectivity index (χ3v) is 3.75. The number of hydrogen-bond donors (Lipinski definition) is 0. The van der Waals surface area contributed by atoms with Crippen LogP contribution in [0.5, 0.6) is 0 Å². The van der Waals surface area contributed by atoms with Crippen molar-refractivity contribution in [1.29, 1.82) is 0 Å². The number of amides is 1. The van der Waals surface area contributed by atoms with Crippen molar-refractivity contribution in [2.45, 2.75) is 59.1 Å². The average Bonchev–Trinajstić information content (AvgIpc) is 2.83. The Balaban J connectivity index is 2.39. The molecule has 24 heavy (non-hydrogen) atoms. The molecule has 0 aliphatic carbocycles. The van der Waals surface area contributed by atoms with Crippen LogP contribution >= 0.6 is 0 Å². The molecule has 0 bridgehead atoms. The van der Waals surface area contributed by atoms with E-state index >= 15 is 0 Å². The van der Waals surface area contributed by atoms with Crippen LogP contribution in [-0.4, -0.2) is 40.9 Å². The van der Waals surface area contributed by atoms with E-state index in [2.05, 4.69) is 5.16 Å². The summed E-state index contributed by atoms with van der Waals surface area (Å²) in [5.74, 6) is 0.217. The van der Waals surface area contributed by atoms with E-state index in [4.69, 9.17) is 14.0 Å². The Hall–Kier alpha value is -2.31. The number of carbonyl (C=O) groups is 2. The molecule has 0 saturated heterocycles. The number of esters is 1. The maximum Gasteiger partial charge on any atom is 0.415 e. The quantitative estimate of drug-likeness (QED) is 0.771. The van der Waals surface area contributed by atoms with Gasteiger partial charge >= 0.3 is 12.1 Å². The van der Waals surface area contributed by atoms with Crippen LogP contribution < -0.4 is 0 Å². The summed E-state index contributed by atoms with van der Waals surface area (Å²) < 4.78 is 15.5. The van der Waals surface area contributed by atoms with E-state index in [-0.39, 0.29) is 0 Å². The third kappa shape index (κ3) is 3.77. The molecule has 0 aromatic carbocycles. The fraction of sp³-hybridized carbons (Fsp3) is 0.588. The maximum atomic E-state index is 12.5. The van der Waals surface area contributed by atoms with Crippen molar-refractivity contribution in [1.82, 2.24) is 10.1 Å². The third-order valence-electron chi connectivity index (χ3n) is 3.75. The van der Waals surface area contributed by atoms with Crippen molar-refractivity contribution in [2.75, 3.05) is 7.11 Å². The van der Waals surface area contributed by atoms with Crippen molar-refractivity contribution >= 4 is 17.6 Å². The highest BCUT2D eigenvalue weighted by Crippen LogP contribution is 2.33. The van der Waals surface area contributed by atoms with Gasteiger partial charge in [-0.15, -0.1) is 0 Å². The van der Waals surface area contributed by atoms with Gasteiger partial charge in [-0.1, -0.05) is 5.16 Å². The lowest BCUT2D eigenvalue weighted by molar-refractivity contribution is -0.146. The predicted molar refractivity (Wildman–Crippen MR) is 87.1 cm³/mol. The van der Waals surface area contributed by atoms with Crippen molar-refractivity contribution in [3.8, 4) is 0 Å². The van der Waals surface area contributed by atoms with Crippen LogP contribution in [-0.2, 0) is 14.3 Å². The van der Waals surface area contributed by atoms with E-state index in [0.29, 0.717) is 18.6 Å². The zero-order chi connectivity index (χ0) is 18.1. The number of methoxy groups -OCH3 is 1. The van der Waals surface area contributed by atoms with Crippen LogP contribution in [0.15, 0.2) is 10.7 Å². The van der Waals surface area contributed by atoms with Crippen LogP contribution in [0.3, 0.4) is 0 Å². The molecule has 132 valence electrons. The summed E-state index contributed by atoms with van der Waals surface area (Å²) in [4.78, 5) is 25.9. The predicted octanol–water partition coefficient (Wildman–Crippen LogP) is 3.20. The van der Waals surface area contributed by atoms with Gasteiger partial charge in [0.1, 0.15) is 17.4 Å². The first-order valence-electron chi connectivity index (χ1n) is 7.87. The van der Waals surface area contributed by atoms with Gasteiger partial charge in [-0.2, -0.15) is 0 Å². The van der Waals surface area contributed by atoms with Crippen LogP contribution in [0.1, 0.15) is 50.6 Å². The molecule has 1 aromatic heterocycles. The van der Waals surface area contributed by atoms with Crippen molar-refractivity contribution < 1.29 is 23.6 Å². The standard InChI is InChI=1S/C17H24N2O5/c1-10-14(11(2)24-18-10)12-7-8-13(15(20)22-6)19(9-12)16(21)23-17(3,4)5/h9,13H,7-8H2,1-6H3/t13-/m0/s1. The number of hydrogen-bond acceptors (Lipinski definition) is 6. The fourth-order valence-corrected chi connectivity index (χ4v) is 2.75. The molecule has 0 N–H and O–H groups in total. The lowest BCUT2D eigenvalue weighted by Gasteiger charge is -2.33. The summed E-state index contributed by atoms with van der Waals surface area (Å²) in [6.07, 6.45) is 2.12. The van der Waals surface area contributed by atoms with E-state index in [0.717, 1.165) is 16.8 Å². The second kappa shape index (κ2) is 6.67. The molecule has 0 radical (unpaired) electrons. The highest BCUT2D eigenvalue weighted by atomic mass is 16.6. The van der Waals surface area contributed by atoms with Crippen molar-refractivity contribution in [3.05, 3.63) is 23.2 Å². The summed E-state index contributed by atoms with van der Waals surface area (Å²) in [6.45, 7) is 9.00. The van der Waals surface area contributed by atoms with Gasteiger partial charge in [0.05, 0.1) is 12.8 Å². The van der Waals surface area contributed by atoms with E-state index in [9.17, 15) is 9.59 Å². The maximum absolute atomic E-state index is 12.5. The molecule has 0 spiro atoms. The van der Waals surface area contributed by atoms with Gasteiger partial charge in [-0.25, -0.2) is 9.59 Å². The van der Waals surface area contributed by atoms with E-state index < -0.39 is 23.7 Å². The molecule has 0 unspecified atom stereocenters. The van der Waals surface area contributed by atoms with Gasteiger partial charge in [-0.3, -0.25) is 4.90 Å². The monoisotopic (exact) mass is 336 g/mol. The van der Waals surface area contributed by atoms with Crippen LogP contribution in [0.4, 0.5) is 4.79 Å². The van der Waals surface area contributed by atoms with E-state index in [1.807, 2.05) is 13.8 Å². The molecular formula is C17H24N2O5. The number of allylic oxidation sites excluding steroid dienone is 1. The molecule has 1 aliphatic rings. The smallest absolute Gasteiger partial charge is 0.415 e. The highest BCUT2D eigenvalue weighted by molar-refractivity contribution is 5.85. The highest BCUT2D eigenvalue weighted by Gasteiger charge is 2.36. The van der Waals surface area contributed by atoms with Crippen molar-refractivity contribution in [3.63, 3.8) is 0 Å². The molecule has 7 nitrogen and oxygen atoms in total. The van der Waals surface area contributed by atoms with E-state index in [1.54, 1.807) is 27.0 Å². The van der Waals surface area contributed by atoms with Gasteiger partial charge in [0.15, 0.2) is 0 Å². The number of nitrogens with zero attached hydrogens (tertiary/aromatic N) is 2. The Morgan fingerprint density at radius 3 is 2.50 bits per heavy atom. The number of aryl methyl sites for hydroxylation is 2. The second-order valence-electron chi connectivity index (χ2n) is 6.82. The second-order valence-corrected chi connectivity index (χ2v) is 6.82. The molecule has 2 rings (SSSR count). The molecule has 7 heteroatoms. The molecule has 1 atom stereocenters. The van der Waals surface area contributed by atoms with Gasteiger partial charge < -0.3 is 14.0 Å². The largest absolute Gasteiger partial charge is 0.467 e. The molecular weight excluding hydrogens is 312 g/mol. The first kappa shape index (κ1) is 18.0. The SMILES string of the molecule is COC(=O)[C@@H]1CCC(c2c(C)noc2C)=CN1C(=O)OC(C)(C)C. The topological polar surface area (TPSA) is 81.9 Å². The Bertz CT molecular complexity index is 650. The molecule has 1 amide bonds. The fourth-order valence-electron chi connectivity index (χ4n) is 2.75. The van der Waals surface area contributed by atoms with Crippen LogP contribution in [0.25, 0.3) is 5.57 Å². The summed E-state index contributed by atoms with van der Waals surface area (Å²) >= 11 is 0. The number of ether oxygens (including phenoxy) is 2. The van der Waals surface area contributed by atoms with E-state index in [1.165, 1.54) is 12.0 Å².